The fourth-order valence-corrected chi connectivity index (χ4v) is 2.31. The van der Waals surface area contributed by atoms with E-state index < -0.39 is 11.5 Å². The third kappa shape index (κ3) is 3.19. The molecule has 0 fully saturated rings. The highest BCUT2D eigenvalue weighted by molar-refractivity contribution is 5.87. The molecular weight excluding hydrogens is 282 g/mol. The third-order valence-corrected chi connectivity index (χ3v) is 3.51. The lowest BCUT2D eigenvalue weighted by molar-refractivity contribution is 0.0694. The lowest BCUT2D eigenvalue weighted by Crippen LogP contribution is -2.27. The fraction of sp³-hybridized carbons (Fsp3) is 0.294. The molecule has 1 heterocycles. The summed E-state index contributed by atoms with van der Waals surface area (Å²) in [5.41, 5.74) is 0.843. The van der Waals surface area contributed by atoms with Crippen LogP contribution < -0.4 is 10.3 Å². The Labute approximate surface area is 128 Å². The molecule has 116 valence electrons. The Kier molecular flexibility index (Phi) is 4.99. The second kappa shape index (κ2) is 6.93. The van der Waals surface area contributed by atoms with Crippen molar-refractivity contribution >= 4 is 5.97 Å². The molecule has 0 bridgehead atoms. The minimum atomic E-state index is -1.20. The Hall–Kier alpha value is -2.56. The number of ether oxygens (including phenoxy) is 1. The van der Waals surface area contributed by atoms with Crippen LogP contribution in [0.4, 0.5) is 0 Å². The molecule has 0 radical (unpaired) electrons. The Balaban J connectivity index is 2.61. The monoisotopic (exact) mass is 301 g/mol. The van der Waals surface area contributed by atoms with E-state index in [9.17, 15) is 9.59 Å². The first kappa shape index (κ1) is 15.8. The van der Waals surface area contributed by atoms with E-state index in [0.29, 0.717) is 18.0 Å². The van der Waals surface area contributed by atoms with Crippen molar-refractivity contribution in [2.45, 2.75) is 26.3 Å². The van der Waals surface area contributed by atoms with Gasteiger partial charge in [-0.05, 0) is 30.7 Å². The summed E-state index contributed by atoms with van der Waals surface area (Å²) in [5, 5.41) is 9.13. The smallest absolute Gasteiger partial charge is 0.341 e. The second-order valence-electron chi connectivity index (χ2n) is 4.98. The molecule has 1 aromatic carbocycles. The highest BCUT2D eigenvalue weighted by Gasteiger charge is 2.15. The zero-order valence-electron chi connectivity index (χ0n) is 12.7. The molecule has 0 atom stereocenters. The van der Waals surface area contributed by atoms with E-state index in [0.717, 1.165) is 18.4 Å². The average Bonchev–Trinajstić information content (AvgIpc) is 2.53. The lowest BCUT2D eigenvalue weighted by Gasteiger charge is -2.14. The largest absolute Gasteiger partial charge is 0.497 e. The highest BCUT2D eigenvalue weighted by Crippen LogP contribution is 2.23. The first-order valence-corrected chi connectivity index (χ1v) is 7.20. The molecule has 0 aliphatic rings. The maximum Gasteiger partial charge on any atom is 0.341 e. The van der Waals surface area contributed by atoms with Gasteiger partial charge in [0.05, 0.1) is 12.8 Å². The Morgan fingerprint density at radius 1 is 1.27 bits per heavy atom. The van der Waals surface area contributed by atoms with E-state index in [4.69, 9.17) is 9.84 Å². The number of unbranched alkanes of at least 4 members (excludes halogenated alkanes) is 1. The normalized spacial score (nSPS) is 10.5. The van der Waals surface area contributed by atoms with Crippen molar-refractivity contribution < 1.29 is 14.6 Å². The summed E-state index contributed by atoms with van der Waals surface area (Å²) in [5.74, 6) is -0.512. The van der Waals surface area contributed by atoms with Crippen LogP contribution in [-0.4, -0.2) is 22.8 Å². The quantitative estimate of drug-likeness (QED) is 0.890. The highest BCUT2D eigenvalue weighted by atomic mass is 16.5. The van der Waals surface area contributed by atoms with E-state index in [2.05, 4.69) is 0 Å². The van der Waals surface area contributed by atoms with E-state index in [-0.39, 0.29) is 5.56 Å². The summed E-state index contributed by atoms with van der Waals surface area (Å²) in [6.45, 7) is 2.51. The summed E-state index contributed by atoms with van der Waals surface area (Å²) in [4.78, 5) is 23.6. The van der Waals surface area contributed by atoms with Crippen LogP contribution in [-0.2, 0) is 6.54 Å². The number of benzene rings is 1. The Morgan fingerprint density at radius 3 is 2.68 bits per heavy atom. The Bertz CT molecular complexity index is 734. The van der Waals surface area contributed by atoms with Gasteiger partial charge in [-0.3, -0.25) is 4.79 Å². The first-order valence-electron chi connectivity index (χ1n) is 7.20. The van der Waals surface area contributed by atoms with E-state index >= 15 is 0 Å². The number of rotatable bonds is 6. The summed E-state index contributed by atoms with van der Waals surface area (Å²) < 4.78 is 6.74. The van der Waals surface area contributed by atoms with Crippen LogP contribution in [0.15, 0.2) is 41.2 Å². The number of aromatic carboxylic acids is 1. The summed E-state index contributed by atoms with van der Waals surface area (Å²) >= 11 is 0. The summed E-state index contributed by atoms with van der Waals surface area (Å²) in [6, 6.07) is 10.4. The molecule has 0 aliphatic carbocycles. The zero-order chi connectivity index (χ0) is 16.1. The van der Waals surface area contributed by atoms with Gasteiger partial charge in [-0.2, -0.15) is 0 Å². The SMILES string of the molecule is CCCCn1c(-c2cccc(OC)c2)ccc(C(=O)O)c1=O. The van der Waals surface area contributed by atoms with E-state index in [1.807, 2.05) is 31.2 Å². The number of pyridine rings is 1. The van der Waals surface area contributed by atoms with Crippen molar-refractivity contribution in [1.82, 2.24) is 4.57 Å². The van der Waals surface area contributed by atoms with Gasteiger partial charge < -0.3 is 14.4 Å². The number of methoxy groups -OCH3 is 1. The molecular formula is C17H19NO4. The fourth-order valence-electron chi connectivity index (χ4n) is 2.31. The van der Waals surface area contributed by atoms with Crippen LogP contribution in [0, 0.1) is 0 Å². The maximum atomic E-state index is 12.4. The van der Waals surface area contributed by atoms with Crippen LogP contribution in [0.2, 0.25) is 0 Å². The minimum Gasteiger partial charge on any atom is -0.497 e. The summed E-state index contributed by atoms with van der Waals surface area (Å²) in [6.07, 6.45) is 1.72. The number of carboxylic acids is 1. The zero-order valence-corrected chi connectivity index (χ0v) is 12.7. The van der Waals surface area contributed by atoms with Gasteiger partial charge in [0.2, 0.25) is 0 Å². The van der Waals surface area contributed by atoms with Gasteiger partial charge in [-0.15, -0.1) is 0 Å². The van der Waals surface area contributed by atoms with Gasteiger partial charge in [-0.25, -0.2) is 4.79 Å². The molecule has 1 N–H and O–H groups in total. The molecule has 0 amide bonds. The van der Waals surface area contributed by atoms with Gasteiger partial charge in [0.1, 0.15) is 11.3 Å². The predicted molar refractivity (Wildman–Crippen MR) is 84.6 cm³/mol. The molecule has 5 nitrogen and oxygen atoms in total. The third-order valence-electron chi connectivity index (χ3n) is 3.51. The van der Waals surface area contributed by atoms with Gasteiger partial charge in [0.15, 0.2) is 0 Å². The van der Waals surface area contributed by atoms with Crippen LogP contribution in [0.25, 0.3) is 11.3 Å². The van der Waals surface area contributed by atoms with Crippen molar-refractivity contribution in [3.05, 3.63) is 52.3 Å². The van der Waals surface area contributed by atoms with Crippen molar-refractivity contribution in [2.24, 2.45) is 0 Å². The van der Waals surface area contributed by atoms with Crippen LogP contribution in [0.3, 0.4) is 0 Å². The first-order chi connectivity index (χ1) is 10.6. The topological polar surface area (TPSA) is 68.5 Å². The van der Waals surface area contributed by atoms with Crippen molar-refractivity contribution in [2.75, 3.05) is 7.11 Å². The van der Waals surface area contributed by atoms with Gasteiger partial charge in [0.25, 0.3) is 5.56 Å². The van der Waals surface area contributed by atoms with Crippen LogP contribution in [0.5, 0.6) is 5.75 Å². The van der Waals surface area contributed by atoms with Crippen molar-refractivity contribution in [1.29, 1.82) is 0 Å². The average molecular weight is 301 g/mol. The van der Waals surface area contributed by atoms with Gasteiger partial charge >= 0.3 is 5.97 Å². The number of nitrogens with zero attached hydrogens (tertiary/aromatic N) is 1. The lowest BCUT2D eigenvalue weighted by atomic mass is 10.1. The molecule has 0 saturated heterocycles. The predicted octanol–water partition coefficient (Wildman–Crippen LogP) is 3.02. The van der Waals surface area contributed by atoms with Crippen molar-refractivity contribution in [3.63, 3.8) is 0 Å². The molecule has 22 heavy (non-hydrogen) atoms. The number of hydrogen-bond donors (Lipinski definition) is 1. The second-order valence-corrected chi connectivity index (χ2v) is 4.98. The van der Waals surface area contributed by atoms with E-state index in [1.165, 1.54) is 10.6 Å². The van der Waals surface area contributed by atoms with Crippen molar-refractivity contribution in [3.8, 4) is 17.0 Å². The van der Waals surface area contributed by atoms with Crippen LogP contribution >= 0.6 is 0 Å². The van der Waals surface area contributed by atoms with E-state index in [1.54, 1.807) is 13.2 Å². The molecule has 0 spiro atoms. The standard InChI is InChI=1S/C17H19NO4/c1-3-4-10-18-15(9-8-14(16(18)19)17(20)21)12-6-5-7-13(11-12)22-2/h5-9,11H,3-4,10H2,1-2H3,(H,20,21). The number of aromatic nitrogens is 1. The molecule has 5 heteroatoms. The molecule has 2 rings (SSSR count). The van der Waals surface area contributed by atoms with Gasteiger partial charge in [-0.1, -0.05) is 25.5 Å². The number of carboxylic acid groups (broad SMARTS) is 1. The van der Waals surface area contributed by atoms with Crippen LogP contribution in [0.1, 0.15) is 30.1 Å². The number of carbonyl (C=O) groups is 1. The molecule has 0 unspecified atom stereocenters. The summed E-state index contributed by atoms with van der Waals surface area (Å²) in [7, 11) is 1.58. The number of hydrogen-bond acceptors (Lipinski definition) is 3. The molecule has 0 aliphatic heterocycles. The minimum absolute atomic E-state index is 0.206. The molecule has 2 aromatic rings. The molecule has 1 aromatic heterocycles. The van der Waals surface area contributed by atoms with Gasteiger partial charge in [0, 0.05) is 12.1 Å². The molecule has 0 saturated carbocycles. The Morgan fingerprint density at radius 2 is 2.05 bits per heavy atom. The maximum absolute atomic E-state index is 12.4.